The standard InChI is InChI=1S/C26H30F3N7O3/c27-16-11-19(28)22(20(29)12-16)33-26-32-21-13-30-25(34-23(21)36(26)18-5-8-39-14-18)31-17-3-1-15(2-4-17)24(37)35-6-9-38-10-7-35/h11-13,15,17-18H,1-10,14H2,(H,32,33)(H,30,31,34)/t15?,17?,18-/m1/s1. The highest BCUT2D eigenvalue weighted by Gasteiger charge is 2.31. The minimum atomic E-state index is -1.06. The molecule has 0 bridgehead atoms. The molecule has 3 aromatic rings. The number of carbonyl (C=O) groups is 1. The predicted molar refractivity (Wildman–Crippen MR) is 136 cm³/mol. The number of anilines is 3. The Morgan fingerprint density at radius 1 is 0.949 bits per heavy atom. The Morgan fingerprint density at radius 3 is 2.38 bits per heavy atom. The van der Waals surface area contributed by atoms with Crippen molar-refractivity contribution in [2.24, 2.45) is 5.92 Å². The van der Waals surface area contributed by atoms with Crippen LogP contribution in [0.5, 0.6) is 0 Å². The van der Waals surface area contributed by atoms with Crippen LogP contribution in [-0.4, -0.2) is 75.9 Å². The maximum atomic E-state index is 14.4. The zero-order valence-electron chi connectivity index (χ0n) is 21.3. The Balaban J connectivity index is 1.20. The average Bonchev–Trinajstić information content (AvgIpc) is 3.58. The fourth-order valence-corrected chi connectivity index (χ4v) is 5.60. The van der Waals surface area contributed by atoms with E-state index in [4.69, 9.17) is 14.5 Å². The molecule has 2 aromatic heterocycles. The molecule has 1 aliphatic carbocycles. The van der Waals surface area contributed by atoms with Crippen molar-refractivity contribution in [3.63, 3.8) is 0 Å². The first-order chi connectivity index (χ1) is 19.0. The van der Waals surface area contributed by atoms with Crippen LogP contribution in [0.15, 0.2) is 18.3 Å². The number of nitrogens with one attached hydrogen (secondary N) is 2. The van der Waals surface area contributed by atoms with Crippen LogP contribution >= 0.6 is 0 Å². The monoisotopic (exact) mass is 545 g/mol. The van der Waals surface area contributed by atoms with Crippen molar-refractivity contribution < 1.29 is 27.4 Å². The summed E-state index contributed by atoms with van der Waals surface area (Å²) < 4.78 is 54.9. The minimum absolute atomic E-state index is 0.0224. The summed E-state index contributed by atoms with van der Waals surface area (Å²) in [6.45, 7) is 3.42. The highest BCUT2D eigenvalue weighted by molar-refractivity contribution is 5.79. The summed E-state index contributed by atoms with van der Waals surface area (Å²) in [5.74, 6) is -2.32. The van der Waals surface area contributed by atoms with Gasteiger partial charge in [-0.25, -0.2) is 23.1 Å². The number of benzene rings is 1. The third-order valence-electron chi connectivity index (χ3n) is 7.68. The summed E-state index contributed by atoms with van der Waals surface area (Å²) in [4.78, 5) is 28.4. The van der Waals surface area contributed by atoms with Gasteiger partial charge in [0, 0.05) is 43.8 Å². The molecular formula is C26H30F3N7O3. The number of morpholine rings is 1. The molecule has 2 N–H and O–H groups in total. The second kappa shape index (κ2) is 11.0. The van der Waals surface area contributed by atoms with Crippen LogP contribution in [0.2, 0.25) is 0 Å². The van der Waals surface area contributed by atoms with Crippen molar-refractivity contribution in [1.29, 1.82) is 0 Å². The highest BCUT2D eigenvalue weighted by Crippen LogP contribution is 2.33. The second-order valence-electron chi connectivity index (χ2n) is 10.2. The number of imidazole rings is 1. The van der Waals surface area contributed by atoms with Gasteiger partial charge in [0.05, 0.1) is 32.1 Å². The molecule has 13 heteroatoms. The minimum Gasteiger partial charge on any atom is -0.379 e. The summed E-state index contributed by atoms with van der Waals surface area (Å²) in [7, 11) is 0. The third kappa shape index (κ3) is 5.37. The molecule has 0 unspecified atom stereocenters. The number of aromatic nitrogens is 4. The van der Waals surface area contributed by atoms with Gasteiger partial charge in [-0.2, -0.15) is 4.98 Å². The van der Waals surface area contributed by atoms with Crippen LogP contribution in [0.3, 0.4) is 0 Å². The zero-order chi connectivity index (χ0) is 26.9. The van der Waals surface area contributed by atoms with Crippen molar-refractivity contribution in [3.8, 4) is 0 Å². The van der Waals surface area contributed by atoms with Crippen LogP contribution in [0.1, 0.15) is 38.1 Å². The van der Waals surface area contributed by atoms with E-state index < -0.39 is 23.1 Å². The molecule has 1 aromatic carbocycles. The molecule has 1 atom stereocenters. The van der Waals surface area contributed by atoms with Gasteiger partial charge in [-0.05, 0) is 32.1 Å². The van der Waals surface area contributed by atoms with Gasteiger partial charge in [-0.1, -0.05) is 0 Å². The number of hydrogen-bond donors (Lipinski definition) is 2. The number of nitrogens with zero attached hydrogens (tertiary/aromatic N) is 5. The van der Waals surface area contributed by atoms with Crippen LogP contribution in [0, 0.1) is 23.4 Å². The van der Waals surface area contributed by atoms with Gasteiger partial charge >= 0.3 is 0 Å². The number of halogens is 3. The lowest BCUT2D eigenvalue weighted by molar-refractivity contribution is -0.140. The smallest absolute Gasteiger partial charge is 0.225 e. The van der Waals surface area contributed by atoms with Crippen molar-refractivity contribution in [2.75, 3.05) is 50.2 Å². The molecule has 1 amide bonds. The van der Waals surface area contributed by atoms with Gasteiger partial charge in [0.1, 0.15) is 17.0 Å². The largest absolute Gasteiger partial charge is 0.379 e. The van der Waals surface area contributed by atoms with Gasteiger partial charge in [0.25, 0.3) is 0 Å². The van der Waals surface area contributed by atoms with Gasteiger partial charge < -0.3 is 25.0 Å². The predicted octanol–water partition coefficient (Wildman–Crippen LogP) is 3.78. The van der Waals surface area contributed by atoms with E-state index >= 15 is 0 Å². The molecule has 39 heavy (non-hydrogen) atoms. The van der Waals surface area contributed by atoms with Gasteiger partial charge in [0.2, 0.25) is 17.8 Å². The molecule has 0 radical (unpaired) electrons. The van der Waals surface area contributed by atoms with E-state index in [1.807, 2.05) is 4.90 Å². The van der Waals surface area contributed by atoms with E-state index in [0.717, 1.165) is 25.7 Å². The molecule has 0 spiro atoms. The average molecular weight is 546 g/mol. The Kier molecular flexibility index (Phi) is 7.26. The van der Waals surface area contributed by atoms with Crippen LogP contribution in [-0.2, 0) is 14.3 Å². The first kappa shape index (κ1) is 25.8. The van der Waals surface area contributed by atoms with Gasteiger partial charge in [-0.3, -0.25) is 9.36 Å². The molecular weight excluding hydrogens is 515 g/mol. The Bertz CT molecular complexity index is 1330. The zero-order valence-corrected chi connectivity index (χ0v) is 21.3. The topological polar surface area (TPSA) is 106 Å². The van der Waals surface area contributed by atoms with Gasteiger partial charge in [-0.15, -0.1) is 0 Å². The van der Waals surface area contributed by atoms with E-state index in [9.17, 15) is 18.0 Å². The van der Waals surface area contributed by atoms with E-state index in [-0.39, 0.29) is 29.9 Å². The lowest BCUT2D eigenvalue weighted by Crippen LogP contribution is -2.45. The maximum Gasteiger partial charge on any atom is 0.225 e. The second-order valence-corrected chi connectivity index (χ2v) is 10.2. The number of fused-ring (bicyclic) bond motifs is 1. The first-order valence-electron chi connectivity index (χ1n) is 13.3. The molecule has 3 fully saturated rings. The maximum absolute atomic E-state index is 14.4. The number of carbonyl (C=O) groups excluding carboxylic acids is 1. The van der Waals surface area contributed by atoms with Crippen LogP contribution in [0.4, 0.5) is 30.8 Å². The van der Waals surface area contributed by atoms with E-state index in [1.54, 1.807) is 10.8 Å². The Labute approximate surface area is 222 Å². The van der Waals surface area contributed by atoms with E-state index in [0.29, 0.717) is 75.2 Å². The highest BCUT2D eigenvalue weighted by atomic mass is 19.1. The summed E-state index contributed by atoms with van der Waals surface area (Å²) in [6.07, 6.45) is 5.43. The summed E-state index contributed by atoms with van der Waals surface area (Å²) >= 11 is 0. The summed E-state index contributed by atoms with van der Waals surface area (Å²) in [6, 6.07) is 1.18. The first-order valence-corrected chi connectivity index (χ1v) is 13.3. The molecule has 4 heterocycles. The molecule has 10 nitrogen and oxygen atoms in total. The number of rotatable bonds is 6. The Hall–Kier alpha value is -3.45. The third-order valence-corrected chi connectivity index (χ3v) is 7.68. The van der Waals surface area contributed by atoms with Crippen molar-refractivity contribution >= 4 is 34.7 Å². The molecule has 2 aliphatic heterocycles. The van der Waals surface area contributed by atoms with E-state index in [1.165, 1.54) is 0 Å². The molecule has 1 saturated carbocycles. The quantitative estimate of drug-likeness (QED) is 0.482. The van der Waals surface area contributed by atoms with Crippen molar-refractivity contribution in [2.45, 2.75) is 44.2 Å². The molecule has 6 rings (SSSR count). The fraction of sp³-hybridized carbons (Fsp3) is 0.538. The normalized spacial score (nSPS) is 23.8. The fourth-order valence-electron chi connectivity index (χ4n) is 5.60. The van der Waals surface area contributed by atoms with Crippen molar-refractivity contribution in [3.05, 3.63) is 35.8 Å². The molecule has 208 valence electrons. The van der Waals surface area contributed by atoms with Gasteiger partial charge in [0.15, 0.2) is 17.3 Å². The van der Waals surface area contributed by atoms with Crippen LogP contribution in [0.25, 0.3) is 11.2 Å². The molecule has 2 saturated heterocycles. The lowest BCUT2D eigenvalue weighted by Gasteiger charge is -2.34. The summed E-state index contributed by atoms with van der Waals surface area (Å²) in [5.41, 5.74) is 0.434. The number of amides is 1. The SMILES string of the molecule is O=C(C1CCC(Nc2ncc3nc(Nc4c(F)cc(F)cc4F)n([C@@H]4CCOC4)c3n2)CC1)N1CCOCC1. The molecule has 3 aliphatic rings. The lowest BCUT2D eigenvalue weighted by atomic mass is 9.85. The summed E-state index contributed by atoms with van der Waals surface area (Å²) in [5, 5.41) is 6.09. The Morgan fingerprint density at radius 2 is 1.69 bits per heavy atom. The number of hydrogen-bond acceptors (Lipinski definition) is 8. The van der Waals surface area contributed by atoms with Crippen molar-refractivity contribution in [1.82, 2.24) is 24.4 Å². The van der Waals surface area contributed by atoms with Crippen LogP contribution < -0.4 is 10.6 Å². The number of ether oxygens (including phenoxy) is 2. The van der Waals surface area contributed by atoms with E-state index in [2.05, 4.69) is 20.6 Å².